The van der Waals surface area contributed by atoms with Gasteiger partial charge >= 0.3 is 59.1 Å². The Morgan fingerprint density at radius 1 is 1.00 bits per heavy atom. The number of nitrogens with one attached hydrogen (secondary N) is 1. The van der Waals surface area contributed by atoms with Gasteiger partial charge in [-0.3, -0.25) is 8.98 Å². The van der Waals surface area contributed by atoms with E-state index in [1.807, 2.05) is 0 Å². The molecule has 0 radical (unpaired) electrons. The van der Waals surface area contributed by atoms with Crippen LogP contribution in [0.25, 0.3) is 0 Å². The summed E-state index contributed by atoms with van der Waals surface area (Å²) in [5, 5.41) is 13.0. The molecule has 200 valence electrons. The summed E-state index contributed by atoms with van der Waals surface area (Å²) in [7, 11) is -4.66. The smallest absolute Gasteiger partial charge is 0.726 e. The van der Waals surface area contributed by atoms with E-state index in [0.717, 1.165) is 25.7 Å². The number of carbonyl (C=O) groups excluding carboxylic acids is 2. The van der Waals surface area contributed by atoms with E-state index in [2.05, 4.69) is 26.1 Å². The number of aliphatic carboxylic acids is 1. The van der Waals surface area contributed by atoms with Crippen LogP contribution < -0.4 is 69.5 Å². The van der Waals surface area contributed by atoms with E-state index in [-0.39, 0.29) is 75.9 Å². The molecule has 0 aliphatic heterocycles. The molecule has 4 aliphatic carbocycles. The molecule has 0 spiro atoms. The van der Waals surface area contributed by atoms with Gasteiger partial charge < -0.3 is 19.8 Å². The fraction of sp³-hybridized carbons (Fsp3) is 0.923. The van der Waals surface area contributed by atoms with Crippen LogP contribution in [0, 0.1) is 46.3 Å². The van der Waals surface area contributed by atoms with E-state index in [0.29, 0.717) is 54.8 Å². The molecule has 1 N–H and O–H groups in total. The van der Waals surface area contributed by atoms with Gasteiger partial charge in [0.2, 0.25) is 16.3 Å². The van der Waals surface area contributed by atoms with E-state index in [1.165, 1.54) is 25.7 Å². The number of fused-ring (bicyclic) bond motifs is 5. The molecule has 0 aromatic rings. The molecule has 0 bridgehead atoms. The summed E-state index contributed by atoms with van der Waals surface area (Å²) in [5.41, 5.74) is 0.444. The summed E-state index contributed by atoms with van der Waals surface area (Å²) in [6.07, 6.45) is 9.88. The van der Waals surface area contributed by atoms with E-state index in [1.54, 1.807) is 0 Å². The van der Waals surface area contributed by atoms with Crippen LogP contribution in [0.3, 0.4) is 0 Å². The summed E-state index contributed by atoms with van der Waals surface area (Å²) in [6.45, 7) is 6.69. The standard InChI is InChI=1S/C26H43NO7S.2Na/c1-16(4-9-23(28)27-15-24(29)30)20-7-8-21-19-6-5-17-14-18(34-35(31,32)33)10-12-25(17,2)22(19)11-13-26(20,21)3;;/h16-22H,4-15H2,1-3H3,(H,27,28)(H,29,30)(H,31,32,33);;/q;2*+1/p-2/t16-,17?,18-,19?,20-,21?,22?,25+,26-;;/m1../s1. The van der Waals surface area contributed by atoms with Crippen molar-refractivity contribution in [1.29, 1.82) is 0 Å². The van der Waals surface area contributed by atoms with Crippen LogP contribution in [-0.4, -0.2) is 37.5 Å². The number of hydrogen-bond donors (Lipinski definition) is 1. The van der Waals surface area contributed by atoms with Crippen molar-refractivity contribution in [3.8, 4) is 0 Å². The van der Waals surface area contributed by atoms with Gasteiger partial charge in [-0.15, -0.1) is 0 Å². The molecule has 0 aromatic carbocycles. The van der Waals surface area contributed by atoms with Gasteiger partial charge in [0.15, 0.2) is 0 Å². The first kappa shape index (κ1) is 34.0. The van der Waals surface area contributed by atoms with Gasteiger partial charge in [-0.1, -0.05) is 20.8 Å². The second-order valence-electron chi connectivity index (χ2n) is 12.5. The average Bonchev–Trinajstić information content (AvgIpc) is 3.12. The van der Waals surface area contributed by atoms with E-state index < -0.39 is 29.0 Å². The molecule has 8 nitrogen and oxygen atoms in total. The summed E-state index contributed by atoms with van der Waals surface area (Å²) < 4.78 is 38.2. The first-order valence-corrected chi connectivity index (χ1v) is 14.8. The molecule has 37 heavy (non-hydrogen) atoms. The number of rotatable bonds is 8. The Kier molecular flexibility index (Phi) is 12.1. The van der Waals surface area contributed by atoms with Crippen LogP contribution in [0.2, 0.25) is 0 Å². The summed E-state index contributed by atoms with van der Waals surface area (Å²) in [4.78, 5) is 22.6. The number of amides is 1. The number of carboxylic acid groups (broad SMARTS) is 1. The molecule has 4 aliphatic rings. The van der Waals surface area contributed by atoms with Crippen molar-refractivity contribution in [3.05, 3.63) is 0 Å². The third kappa shape index (κ3) is 7.37. The predicted molar refractivity (Wildman–Crippen MR) is 126 cm³/mol. The maximum Gasteiger partial charge on any atom is 1.00 e. The molecule has 4 saturated carbocycles. The van der Waals surface area contributed by atoms with Gasteiger partial charge in [-0.25, -0.2) is 8.42 Å². The Morgan fingerprint density at radius 3 is 2.30 bits per heavy atom. The van der Waals surface area contributed by atoms with Crippen LogP contribution in [0.5, 0.6) is 0 Å². The minimum Gasteiger partial charge on any atom is -0.726 e. The average molecular weight is 558 g/mol. The quantitative estimate of drug-likeness (QED) is 0.188. The van der Waals surface area contributed by atoms with E-state index in [9.17, 15) is 27.7 Å². The third-order valence-electron chi connectivity index (χ3n) is 10.9. The van der Waals surface area contributed by atoms with Gasteiger partial charge in [0.1, 0.15) is 0 Å². The van der Waals surface area contributed by atoms with Crippen molar-refractivity contribution in [2.24, 2.45) is 46.3 Å². The number of hydrogen-bond acceptors (Lipinski definition) is 7. The maximum absolute atomic E-state index is 12.0. The zero-order valence-electron chi connectivity index (χ0n) is 23.3. The fourth-order valence-corrected chi connectivity index (χ4v) is 9.78. The van der Waals surface area contributed by atoms with Crippen LogP contribution in [0.1, 0.15) is 91.4 Å². The monoisotopic (exact) mass is 557 g/mol. The predicted octanol–water partition coefficient (Wildman–Crippen LogP) is -3.22. The van der Waals surface area contributed by atoms with Crippen molar-refractivity contribution in [1.82, 2.24) is 5.32 Å². The summed E-state index contributed by atoms with van der Waals surface area (Å²) in [5.74, 6) is 1.88. The molecule has 4 unspecified atom stereocenters. The molecule has 1 amide bonds. The minimum absolute atomic E-state index is 0. The molecule has 0 saturated heterocycles. The normalized spacial score (nSPS) is 39.6. The first-order chi connectivity index (χ1) is 16.3. The molecule has 4 fully saturated rings. The van der Waals surface area contributed by atoms with Crippen molar-refractivity contribution >= 4 is 22.3 Å². The van der Waals surface area contributed by atoms with E-state index in [4.69, 9.17) is 4.18 Å². The molecule has 9 atom stereocenters. The van der Waals surface area contributed by atoms with Gasteiger partial charge in [-0.05, 0) is 111 Å². The van der Waals surface area contributed by atoms with Crippen LogP contribution in [0.4, 0.5) is 0 Å². The second-order valence-corrected chi connectivity index (χ2v) is 13.5. The number of carboxylic acids is 1. The summed E-state index contributed by atoms with van der Waals surface area (Å²) in [6, 6.07) is 0. The van der Waals surface area contributed by atoms with Crippen molar-refractivity contribution < 1.29 is 91.0 Å². The Hall–Kier alpha value is 0.810. The molecule has 0 heterocycles. The van der Waals surface area contributed by atoms with Gasteiger partial charge in [0.25, 0.3) is 0 Å². The zero-order valence-corrected chi connectivity index (χ0v) is 28.1. The Balaban J connectivity index is 0.00000241. The molecular weight excluding hydrogens is 516 g/mol. The minimum atomic E-state index is -4.66. The van der Waals surface area contributed by atoms with Crippen molar-refractivity contribution in [2.75, 3.05) is 6.54 Å². The van der Waals surface area contributed by atoms with Crippen LogP contribution in [-0.2, 0) is 24.2 Å². The molecule has 0 aromatic heterocycles. The Bertz CT molecular complexity index is 934. The van der Waals surface area contributed by atoms with Crippen LogP contribution in [0.15, 0.2) is 0 Å². The molecular formula is C26H41NNa2O7S. The number of carbonyl (C=O) groups is 2. The maximum atomic E-state index is 12.0. The van der Waals surface area contributed by atoms with Crippen LogP contribution >= 0.6 is 0 Å². The van der Waals surface area contributed by atoms with Gasteiger partial charge in [0.05, 0.1) is 18.6 Å². The zero-order chi connectivity index (χ0) is 25.6. The second kappa shape index (κ2) is 13.2. The molecule has 11 heteroatoms. The largest absolute Gasteiger partial charge is 1.00 e. The Morgan fingerprint density at radius 2 is 1.65 bits per heavy atom. The SMILES string of the molecule is C[C@H](CCC(=O)NCC(=O)[O-])[C@H]1CCC2C3CCC4C[C@H](OS(=O)(=O)[O-])CC[C@]4(C)C3CC[C@@]21C.[Na+].[Na+]. The fourth-order valence-electron chi connectivity index (χ4n) is 9.27. The van der Waals surface area contributed by atoms with Gasteiger partial charge in [0, 0.05) is 6.42 Å². The van der Waals surface area contributed by atoms with Crippen molar-refractivity contribution in [3.63, 3.8) is 0 Å². The first-order valence-electron chi connectivity index (χ1n) is 13.4. The van der Waals surface area contributed by atoms with Gasteiger partial charge in [-0.2, -0.15) is 0 Å². The molecule has 4 rings (SSSR count). The Labute approximate surface area is 266 Å². The summed E-state index contributed by atoms with van der Waals surface area (Å²) >= 11 is 0. The third-order valence-corrected chi connectivity index (χ3v) is 11.4. The van der Waals surface area contributed by atoms with E-state index >= 15 is 0 Å². The topological polar surface area (TPSA) is 136 Å². The van der Waals surface area contributed by atoms with Crippen molar-refractivity contribution in [2.45, 2.75) is 97.5 Å².